The van der Waals surface area contributed by atoms with Crippen LogP contribution in [0.25, 0.3) is 0 Å². The van der Waals surface area contributed by atoms with Crippen LogP contribution in [0.5, 0.6) is 17.2 Å². The summed E-state index contributed by atoms with van der Waals surface area (Å²) < 4.78 is 15.7. The van der Waals surface area contributed by atoms with Gasteiger partial charge in [0, 0.05) is 44.0 Å². The maximum Gasteiger partial charge on any atom is 0.241 e. The predicted molar refractivity (Wildman–Crippen MR) is 115 cm³/mol. The summed E-state index contributed by atoms with van der Waals surface area (Å²) in [5, 5.41) is 3.58. The van der Waals surface area contributed by atoms with Crippen LogP contribution < -0.4 is 24.4 Å². The van der Waals surface area contributed by atoms with Crippen LogP contribution in [0.3, 0.4) is 0 Å². The van der Waals surface area contributed by atoms with Crippen molar-refractivity contribution in [1.29, 1.82) is 0 Å². The first-order valence-corrected chi connectivity index (χ1v) is 9.75. The van der Waals surface area contributed by atoms with E-state index in [2.05, 4.69) is 10.2 Å². The molecule has 1 aliphatic rings. The van der Waals surface area contributed by atoms with Gasteiger partial charge in [-0.05, 0) is 24.3 Å². The monoisotopic (exact) mass is 419 g/mol. The Bertz CT molecular complexity index is 837. The lowest BCUT2D eigenvalue weighted by molar-refractivity contribution is -0.129. The molecule has 1 heterocycles. The third-order valence-corrected chi connectivity index (χ3v) is 5.29. The zero-order valence-corrected chi connectivity index (χ0v) is 17.7. The van der Waals surface area contributed by atoms with Gasteiger partial charge in [-0.3, -0.25) is 4.79 Å². The highest BCUT2D eigenvalue weighted by Gasteiger charge is 2.21. The molecule has 1 amide bonds. The van der Waals surface area contributed by atoms with Crippen LogP contribution in [0.1, 0.15) is 0 Å². The molecule has 0 bridgehead atoms. The normalized spacial score (nSPS) is 13.8. The molecule has 0 aliphatic carbocycles. The number of benzene rings is 2. The molecule has 0 aromatic heterocycles. The van der Waals surface area contributed by atoms with Gasteiger partial charge in [0.2, 0.25) is 5.91 Å². The average Bonchev–Trinajstić information content (AvgIpc) is 2.78. The molecule has 0 spiro atoms. The average molecular weight is 420 g/mol. The third kappa shape index (κ3) is 4.98. The standard InChI is InChI=1S/C21H26ClN3O4/c1-27-16-6-4-15(5-7-16)24-8-10-25(11-9-24)21(26)14-23-18-13-20(29-3)19(28-2)12-17(18)22/h4-7,12-13,23H,8-11,14H2,1-3H3. The number of hydrogen-bond acceptors (Lipinski definition) is 6. The summed E-state index contributed by atoms with van der Waals surface area (Å²) in [6, 6.07) is 11.4. The Labute approximate surface area is 176 Å². The van der Waals surface area contributed by atoms with E-state index in [4.69, 9.17) is 25.8 Å². The Balaban J connectivity index is 1.53. The van der Waals surface area contributed by atoms with Crippen molar-refractivity contribution in [3.05, 3.63) is 41.4 Å². The molecule has 1 aliphatic heterocycles. The van der Waals surface area contributed by atoms with Crippen molar-refractivity contribution in [2.45, 2.75) is 0 Å². The van der Waals surface area contributed by atoms with Crippen molar-refractivity contribution < 1.29 is 19.0 Å². The van der Waals surface area contributed by atoms with Gasteiger partial charge in [0.15, 0.2) is 11.5 Å². The number of rotatable bonds is 7. The first kappa shape index (κ1) is 20.9. The zero-order chi connectivity index (χ0) is 20.8. The van der Waals surface area contributed by atoms with Crippen molar-refractivity contribution in [3.8, 4) is 17.2 Å². The van der Waals surface area contributed by atoms with E-state index >= 15 is 0 Å². The Morgan fingerprint density at radius 1 is 0.966 bits per heavy atom. The van der Waals surface area contributed by atoms with Crippen LogP contribution in [0, 0.1) is 0 Å². The smallest absolute Gasteiger partial charge is 0.241 e. The van der Waals surface area contributed by atoms with Gasteiger partial charge < -0.3 is 29.3 Å². The van der Waals surface area contributed by atoms with Gasteiger partial charge >= 0.3 is 0 Å². The number of methoxy groups -OCH3 is 3. The molecule has 0 unspecified atom stereocenters. The quantitative estimate of drug-likeness (QED) is 0.744. The van der Waals surface area contributed by atoms with Crippen molar-refractivity contribution in [2.75, 3.05) is 64.3 Å². The van der Waals surface area contributed by atoms with Gasteiger partial charge in [0.05, 0.1) is 38.6 Å². The molecular weight excluding hydrogens is 394 g/mol. The fourth-order valence-corrected chi connectivity index (χ4v) is 3.50. The molecule has 29 heavy (non-hydrogen) atoms. The molecule has 0 saturated carbocycles. The highest BCUT2D eigenvalue weighted by atomic mass is 35.5. The number of piperazine rings is 1. The van der Waals surface area contributed by atoms with Crippen LogP contribution in [-0.2, 0) is 4.79 Å². The van der Waals surface area contributed by atoms with Gasteiger partial charge in [0.1, 0.15) is 5.75 Å². The van der Waals surface area contributed by atoms with E-state index in [1.54, 1.807) is 33.5 Å². The number of carbonyl (C=O) groups excluding carboxylic acids is 1. The van der Waals surface area contributed by atoms with E-state index in [1.165, 1.54) is 0 Å². The molecule has 8 heteroatoms. The number of carbonyl (C=O) groups is 1. The van der Waals surface area contributed by atoms with Crippen molar-refractivity contribution in [1.82, 2.24) is 4.90 Å². The van der Waals surface area contributed by atoms with E-state index in [-0.39, 0.29) is 12.5 Å². The second kappa shape index (κ2) is 9.60. The van der Waals surface area contributed by atoms with Crippen LogP contribution in [0.15, 0.2) is 36.4 Å². The lowest BCUT2D eigenvalue weighted by Crippen LogP contribution is -2.50. The number of nitrogens with zero attached hydrogens (tertiary/aromatic N) is 2. The predicted octanol–water partition coefficient (Wildman–Crippen LogP) is 3.13. The second-order valence-electron chi connectivity index (χ2n) is 6.61. The minimum atomic E-state index is 0.0326. The minimum absolute atomic E-state index is 0.0326. The van der Waals surface area contributed by atoms with Crippen molar-refractivity contribution in [2.24, 2.45) is 0 Å². The highest BCUT2D eigenvalue weighted by Crippen LogP contribution is 2.35. The maximum absolute atomic E-state index is 12.6. The summed E-state index contributed by atoms with van der Waals surface area (Å²) in [7, 11) is 4.77. The fraction of sp³-hybridized carbons (Fsp3) is 0.381. The first-order chi connectivity index (χ1) is 14.0. The summed E-state index contributed by atoms with van der Waals surface area (Å²) >= 11 is 6.28. The van der Waals surface area contributed by atoms with Gasteiger partial charge in [-0.2, -0.15) is 0 Å². The molecule has 2 aromatic carbocycles. The van der Waals surface area contributed by atoms with Gasteiger partial charge in [-0.15, -0.1) is 0 Å². The number of ether oxygens (including phenoxy) is 3. The summed E-state index contributed by atoms with van der Waals surface area (Å²) in [5.74, 6) is 1.97. The van der Waals surface area contributed by atoms with Crippen molar-refractivity contribution in [3.63, 3.8) is 0 Å². The minimum Gasteiger partial charge on any atom is -0.497 e. The molecule has 2 aromatic rings. The van der Waals surface area contributed by atoms with Gasteiger partial charge in [0.25, 0.3) is 0 Å². The van der Waals surface area contributed by atoms with Gasteiger partial charge in [-0.25, -0.2) is 0 Å². The second-order valence-corrected chi connectivity index (χ2v) is 7.01. The SMILES string of the molecule is COc1ccc(N2CCN(C(=O)CNc3cc(OC)c(OC)cc3Cl)CC2)cc1. The summed E-state index contributed by atoms with van der Waals surface area (Å²) in [5.41, 5.74) is 1.77. The molecule has 7 nitrogen and oxygen atoms in total. The molecule has 156 valence electrons. The van der Waals surface area contributed by atoms with Crippen LogP contribution in [-0.4, -0.2) is 64.9 Å². The molecule has 1 saturated heterocycles. The largest absolute Gasteiger partial charge is 0.497 e. The Hall–Kier alpha value is -2.80. The maximum atomic E-state index is 12.6. The summed E-state index contributed by atoms with van der Waals surface area (Å²) in [6.07, 6.45) is 0. The number of anilines is 2. The first-order valence-electron chi connectivity index (χ1n) is 9.38. The summed E-state index contributed by atoms with van der Waals surface area (Å²) in [6.45, 7) is 3.08. The number of halogens is 1. The van der Waals surface area contributed by atoms with E-state index in [1.807, 2.05) is 29.2 Å². The Morgan fingerprint density at radius 2 is 1.59 bits per heavy atom. The number of hydrogen-bond donors (Lipinski definition) is 1. The highest BCUT2D eigenvalue weighted by molar-refractivity contribution is 6.33. The van der Waals surface area contributed by atoms with E-state index in [9.17, 15) is 4.79 Å². The Kier molecular flexibility index (Phi) is 6.93. The van der Waals surface area contributed by atoms with E-state index in [0.29, 0.717) is 35.3 Å². The molecule has 0 atom stereocenters. The molecule has 1 fully saturated rings. The fourth-order valence-electron chi connectivity index (χ4n) is 3.28. The van der Waals surface area contributed by atoms with Crippen LogP contribution in [0.2, 0.25) is 5.02 Å². The number of nitrogens with one attached hydrogen (secondary N) is 1. The Morgan fingerprint density at radius 3 is 2.17 bits per heavy atom. The third-order valence-electron chi connectivity index (χ3n) is 4.97. The number of amides is 1. The molecular formula is C21H26ClN3O4. The topological polar surface area (TPSA) is 63.3 Å². The van der Waals surface area contributed by atoms with Gasteiger partial charge in [-0.1, -0.05) is 11.6 Å². The van der Waals surface area contributed by atoms with Crippen molar-refractivity contribution >= 4 is 28.9 Å². The van der Waals surface area contributed by atoms with E-state index < -0.39 is 0 Å². The zero-order valence-electron chi connectivity index (χ0n) is 16.9. The summed E-state index contributed by atoms with van der Waals surface area (Å²) in [4.78, 5) is 16.7. The lowest BCUT2D eigenvalue weighted by Gasteiger charge is -2.36. The molecule has 1 N–H and O–H groups in total. The molecule has 0 radical (unpaired) electrons. The lowest BCUT2D eigenvalue weighted by atomic mass is 10.2. The van der Waals surface area contributed by atoms with E-state index in [0.717, 1.165) is 24.5 Å². The van der Waals surface area contributed by atoms with Crippen LogP contribution >= 0.6 is 11.6 Å². The molecule has 3 rings (SSSR count). The van der Waals surface area contributed by atoms with Crippen LogP contribution in [0.4, 0.5) is 11.4 Å².